The minimum atomic E-state index is -0.365. The van der Waals surface area contributed by atoms with Crippen molar-refractivity contribution in [1.82, 2.24) is 4.90 Å². The van der Waals surface area contributed by atoms with Crippen LogP contribution in [0, 0.1) is 6.92 Å². The maximum absolute atomic E-state index is 11.0. The van der Waals surface area contributed by atoms with Crippen LogP contribution in [0.15, 0.2) is 24.3 Å². The fourth-order valence-electron chi connectivity index (χ4n) is 3.79. The first-order valence-electron chi connectivity index (χ1n) is 7.64. The summed E-state index contributed by atoms with van der Waals surface area (Å²) in [5, 5.41) is 11.0. The van der Waals surface area contributed by atoms with Gasteiger partial charge in [-0.3, -0.25) is 4.90 Å². The minimum absolute atomic E-state index is 0.0460. The molecule has 1 fully saturated rings. The van der Waals surface area contributed by atoms with Crippen molar-refractivity contribution in [1.29, 1.82) is 0 Å². The number of benzene rings is 1. The minimum Gasteiger partial charge on any atom is -0.386 e. The van der Waals surface area contributed by atoms with Crippen LogP contribution in [-0.2, 0) is 0 Å². The third kappa shape index (κ3) is 2.56. The summed E-state index contributed by atoms with van der Waals surface area (Å²) in [5.74, 6) is 0. The standard InChI is InChI=1S/C17H27NO/c1-4-18(5-2)17(12-8-9-13-17)16(19)15-11-7-6-10-14(15)3/h6-7,10-11,16,19H,4-5,8-9,12-13H2,1-3H3. The molecule has 0 heterocycles. The summed E-state index contributed by atoms with van der Waals surface area (Å²) in [4.78, 5) is 2.47. The Morgan fingerprint density at radius 1 is 1.16 bits per heavy atom. The van der Waals surface area contributed by atoms with Crippen molar-refractivity contribution < 1.29 is 5.11 Å². The Hall–Kier alpha value is -0.860. The van der Waals surface area contributed by atoms with Crippen molar-refractivity contribution in [3.63, 3.8) is 0 Å². The maximum Gasteiger partial charge on any atom is 0.0976 e. The van der Waals surface area contributed by atoms with Crippen molar-refractivity contribution in [2.75, 3.05) is 13.1 Å². The van der Waals surface area contributed by atoms with Crippen molar-refractivity contribution in [3.8, 4) is 0 Å². The fourth-order valence-corrected chi connectivity index (χ4v) is 3.79. The zero-order valence-electron chi connectivity index (χ0n) is 12.5. The second-order valence-electron chi connectivity index (χ2n) is 5.74. The number of hydrogen-bond acceptors (Lipinski definition) is 2. The van der Waals surface area contributed by atoms with Crippen LogP contribution in [0.5, 0.6) is 0 Å². The third-order valence-electron chi connectivity index (χ3n) is 4.85. The molecule has 0 bridgehead atoms. The molecule has 106 valence electrons. The van der Waals surface area contributed by atoms with Crippen molar-refractivity contribution in [2.24, 2.45) is 0 Å². The van der Waals surface area contributed by atoms with Gasteiger partial charge < -0.3 is 5.11 Å². The molecule has 2 nitrogen and oxygen atoms in total. The first-order valence-corrected chi connectivity index (χ1v) is 7.64. The molecule has 1 aliphatic carbocycles. The van der Waals surface area contributed by atoms with Gasteiger partial charge >= 0.3 is 0 Å². The van der Waals surface area contributed by atoms with Gasteiger partial charge in [-0.05, 0) is 44.0 Å². The maximum atomic E-state index is 11.0. The molecule has 0 spiro atoms. The van der Waals surface area contributed by atoms with Crippen LogP contribution in [0.1, 0.15) is 56.8 Å². The van der Waals surface area contributed by atoms with Gasteiger partial charge in [0.25, 0.3) is 0 Å². The molecule has 1 saturated carbocycles. The van der Waals surface area contributed by atoms with Crippen LogP contribution in [0.2, 0.25) is 0 Å². The molecule has 0 amide bonds. The topological polar surface area (TPSA) is 23.5 Å². The van der Waals surface area contributed by atoms with Gasteiger partial charge in [0, 0.05) is 0 Å². The van der Waals surface area contributed by atoms with E-state index in [0.29, 0.717) is 0 Å². The normalized spacial score (nSPS) is 19.8. The Labute approximate surface area is 117 Å². The van der Waals surface area contributed by atoms with Crippen molar-refractivity contribution in [2.45, 2.75) is 58.1 Å². The van der Waals surface area contributed by atoms with Gasteiger partial charge in [-0.2, -0.15) is 0 Å². The number of aliphatic hydroxyl groups excluding tert-OH is 1. The lowest BCUT2D eigenvalue weighted by atomic mass is 9.82. The Balaban J connectivity index is 2.37. The van der Waals surface area contributed by atoms with Crippen LogP contribution in [0.25, 0.3) is 0 Å². The molecule has 1 atom stereocenters. The Bertz CT molecular complexity index is 405. The molecular weight excluding hydrogens is 234 g/mol. The Morgan fingerprint density at radius 2 is 1.74 bits per heavy atom. The molecule has 1 N–H and O–H groups in total. The summed E-state index contributed by atoms with van der Waals surface area (Å²) in [6, 6.07) is 8.27. The lowest BCUT2D eigenvalue weighted by Crippen LogP contribution is -2.51. The van der Waals surface area contributed by atoms with Gasteiger partial charge in [0.05, 0.1) is 11.6 Å². The van der Waals surface area contributed by atoms with Crippen LogP contribution in [0.3, 0.4) is 0 Å². The average molecular weight is 261 g/mol. The number of likely N-dealkylation sites (N-methyl/N-ethyl adjacent to an activating group) is 1. The van der Waals surface area contributed by atoms with Crippen molar-refractivity contribution in [3.05, 3.63) is 35.4 Å². The molecule has 19 heavy (non-hydrogen) atoms. The zero-order chi connectivity index (χ0) is 13.9. The summed E-state index contributed by atoms with van der Waals surface area (Å²) in [6.45, 7) is 8.53. The number of rotatable bonds is 5. The number of nitrogens with zero attached hydrogens (tertiary/aromatic N) is 1. The second kappa shape index (κ2) is 6.06. The van der Waals surface area contributed by atoms with Gasteiger partial charge in [0.2, 0.25) is 0 Å². The van der Waals surface area contributed by atoms with E-state index >= 15 is 0 Å². The molecule has 0 aliphatic heterocycles. The summed E-state index contributed by atoms with van der Waals surface area (Å²) < 4.78 is 0. The molecule has 1 unspecified atom stereocenters. The SMILES string of the molecule is CCN(CC)C1(C(O)c2ccccc2C)CCCC1. The molecule has 2 heteroatoms. The van der Waals surface area contributed by atoms with E-state index < -0.39 is 0 Å². The lowest BCUT2D eigenvalue weighted by molar-refractivity contribution is -0.0271. The highest BCUT2D eigenvalue weighted by molar-refractivity contribution is 5.30. The highest BCUT2D eigenvalue weighted by atomic mass is 16.3. The van der Waals surface area contributed by atoms with Crippen LogP contribution >= 0.6 is 0 Å². The van der Waals surface area contributed by atoms with Crippen molar-refractivity contribution >= 4 is 0 Å². The van der Waals surface area contributed by atoms with E-state index in [9.17, 15) is 5.11 Å². The first-order chi connectivity index (χ1) is 9.15. The van der Waals surface area contributed by atoms with E-state index in [2.05, 4.69) is 37.8 Å². The molecule has 2 rings (SSSR count). The number of aryl methyl sites for hydroxylation is 1. The molecule has 0 radical (unpaired) electrons. The third-order valence-corrected chi connectivity index (χ3v) is 4.85. The average Bonchev–Trinajstić information content (AvgIpc) is 2.90. The van der Waals surface area contributed by atoms with E-state index in [4.69, 9.17) is 0 Å². The quantitative estimate of drug-likeness (QED) is 0.874. The first kappa shape index (κ1) is 14.5. The highest BCUT2D eigenvalue weighted by Crippen LogP contribution is 2.45. The van der Waals surface area contributed by atoms with E-state index in [1.165, 1.54) is 18.4 Å². The van der Waals surface area contributed by atoms with E-state index in [1.807, 2.05) is 12.1 Å². The van der Waals surface area contributed by atoms with Gasteiger partial charge in [-0.25, -0.2) is 0 Å². The molecular formula is C17H27NO. The zero-order valence-corrected chi connectivity index (χ0v) is 12.5. The Morgan fingerprint density at radius 3 is 2.26 bits per heavy atom. The molecule has 1 aromatic carbocycles. The van der Waals surface area contributed by atoms with E-state index in [-0.39, 0.29) is 11.6 Å². The van der Waals surface area contributed by atoms with Crippen LogP contribution in [0.4, 0.5) is 0 Å². The largest absolute Gasteiger partial charge is 0.386 e. The number of hydrogen-bond donors (Lipinski definition) is 1. The van der Waals surface area contributed by atoms with Crippen LogP contribution in [-0.4, -0.2) is 28.6 Å². The second-order valence-corrected chi connectivity index (χ2v) is 5.74. The van der Waals surface area contributed by atoms with E-state index in [1.54, 1.807) is 0 Å². The molecule has 1 aliphatic rings. The van der Waals surface area contributed by atoms with Gasteiger partial charge in [0.15, 0.2) is 0 Å². The van der Waals surface area contributed by atoms with E-state index in [0.717, 1.165) is 31.5 Å². The molecule has 0 aromatic heterocycles. The Kier molecular flexibility index (Phi) is 4.64. The highest BCUT2D eigenvalue weighted by Gasteiger charge is 2.45. The molecule has 0 saturated heterocycles. The smallest absolute Gasteiger partial charge is 0.0976 e. The number of aliphatic hydroxyl groups is 1. The van der Waals surface area contributed by atoms with Crippen LogP contribution < -0.4 is 0 Å². The summed E-state index contributed by atoms with van der Waals surface area (Å²) in [6.07, 6.45) is 4.34. The molecule has 1 aromatic rings. The predicted molar refractivity (Wildman–Crippen MR) is 80.3 cm³/mol. The van der Waals surface area contributed by atoms with Gasteiger partial charge in [0.1, 0.15) is 0 Å². The monoisotopic (exact) mass is 261 g/mol. The summed E-state index contributed by atoms with van der Waals surface area (Å²) in [7, 11) is 0. The van der Waals surface area contributed by atoms with Gasteiger partial charge in [-0.1, -0.05) is 51.0 Å². The lowest BCUT2D eigenvalue weighted by Gasteiger charge is -2.44. The summed E-state index contributed by atoms with van der Waals surface area (Å²) >= 11 is 0. The predicted octanol–water partition coefficient (Wildman–Crippen LogP) is 3.68. The summed E-state index contributed by atoms with van der Waals surface area (Å²) in [5.41, 5.74) is 2.26. The fraction of sp³-hybridized carbons (Fsp3) is 0.647. The van der Waals surface area contributed by atoms with Gasteiger partial charge in [-0.15, -0.1) is 0 Å².